The molecule has 1 atom stereocenters. The highest BCUT2D eigenvalue weighted by Gasteiger charge is 2.39. The van der Waals surface area contributed by atoms with E-state index in [9.17, 15) is 9.59 Å². The van der Waals surface area contributed by atoms with Gasteiger partial charge in [-0.3, -0.25) is 9.59 Å². The number of fused-ring (bicyclic) bond motifs is 1. The van der Waals surface area contributed by atoms with Crippen LogP contribution in [0.3, 0.4) is 0 Å². The first kappa shape index (κ1) is 16.9. The number of ether oxygens (including phenoxy) is 1. The summed E-state index contributed by atoms with van der Waals surface area (Å²) in [6.07, 6.45) is 0.528. The van der Waals surface area contributed by atoms with Gasteiger partial charge in [-0.05, 0) is 46.4 Å². The normalized spacial score (nSPS) is 16.9. The molecule has 2 aromatic rings. The van der Waals surface area contributed by atoms with Crippen LogP contribution in [0.4, 0.5) is 5.69 Å². The van der Waals surface area contributed by atoms with Crippen molar-refractivity contribution in [2.24, 2.45) is 0 Å². The van der Waals surface area contributed by atoms with Gasteiger partial charge in [-0.1, -0.05) is 36.4 Å². The summed E-state index contributed by atoms with van der Waals surface area (Å²) in [7, 11) is 0. The Morgan fingerprint density at radius 3 is 2.62 bits per heavy atom. The number of hydrogen-bond donors (Lipinski definition) is 0. The van der Waals surface area contributed by atoms with Crippen molar-refractivity contribution in [2.45, 2.75) is 12.7 Å². The van der Waals surface area contributed by atoms with Crippen LogP contribution in [0.5, 0.6) is 0 Å². The Morgan fingerprint density at radius 2 is 1.92 bits per heavy atom. The van der Waals surface area contributed by atoms with Crippen molar-refractivity contribution in [2.75, 3.05) is 11.4 Å². The van der Waals surface area contributed by atoms with E-state index in [-0.39, 0.29) is 18.3 Å². The summed E-state index contributed by atoms with van der Waals surface area (Å²) in [5.74, 6) is -0.630. The fourth-order valence-electron chi connectivity index (χ4n) is 2.67. The third kappa shape index (κ3) is 3.27. The Hall–Kier alpha value is -1.99. The molecule has 122 valence electrons. The number of carbonyl (C=O) groups excluding carboxylic acids is 2. The summed E-state index contributed by atoms with van der Waals surface area (Å²) in [6, 6.07) is 15.0. The lowest BCUT2D eigenvalue weighted by molar-refractivity contribution is -0.128. The van der Waals surface area contributed by atoms with Crippen LogP contribution in [-0.2, 0) is 16.1 Å². The van der Waals surface area contributed by atoms with E-state index in [0.717, 1.165) is 9.13 Å². The molecule has 1 aliphatic rings. The van der Waals surface area contributed by atoms with E-state index < -0.39 is 6.10 Å². The molecule has 5 heteroatoms. The van der Waals surface area contributed by atoms with Gasteiger partial charge < -0.3 is 9.64 Å². The summed E-state index contributed by atoms with van der Waals surface area (Å²) in [4.78, 5) is 27.0. The quantitative estimate of drug-likeness (QED) is 0.412. The predicted molar refractivity (Wildman–Crippen MR) is 101 cm³/mol. The van der Waals surface area contributed by atoms with Gasteiger partial charge in [0.15, 0.2) is 6.10 Å². The Labute approximate surface area is 154 Å². The maximum absolute atomic E-state index is 12.7. The number of hydrogen-bond acceptors (Lipinski definition) is 3. The lowest BCUT2D eigenvalue weighted by Gasteiger charge is -2.32. The Morgan fingerprint density at radius 1 is 1.17 bits per heavy atom. The fraction of sp³-hybridized carbons (Fsp3) is 0.158. The lowest BCUT2D eigenvalue weighted by atomic mass is 9.97. The number of amides is 1. The SMILES string of the molecule is C=CCN1C(=O)C(OCc2ccccc2)C(=O)c2cc(I)ccc21. The molecule has 3 rings (SSSR count). The van der Waals surface area contributed by atoms with E-state index in [0.29, 0.717) is 17.8 Å². The van der Waals surface area contributed by atoms with Gasteiger partial charge in [0.1, 0.15) is 0 Å². The zero-order valence-electron chi connectivity index (χ0n) is 12.9. The van der Waals surface area contributed by atoms with Crippen LogP contribution in [0.15, 0.2) is 61.2 Å². The van der Waals surface area contributed by atoms with Crippen molar-refractivity contribution in [1.82, 2.24) is 0 Å². The van der Waals surface area contributed by atoms with Crippen LogP contribution < -0.4 is 4.90 Å². The minimum Gasteiger partial charge on any atom is -0.355 e. The second-order valence-corrected chi connectivity index (χ2v) is 6.69. The average Bonchev–Trinajstić information content (AvgIpc) is 2.59. The molecule has 24 heavy (non-hydrogen) atoms. The molecule has 1 unspecified atom stereocenters. The largest absolute Gasteiger partial charge is 0.355 e. The summed E-state index contributed by atoms with van der Waals surface area (Å²) < 4.78 is 6.63. The van der Waals surface area contributed by atoms with Crippen LogP contribution in [0.2, 0.25) is 0 Å². The number of benzene rings is 2. The van der Waals surface area contributed by atoms with Crippen molar-refractivity contribution in [1.29, 1.82) is 0 Å². The second kappa shape index (κ2) is 7.27. The molecule has 2 aromatic carbocycles. The minimum atomic E-state index is -1.11. The molecule has 0 spiro atoms. The average molecular weight is 433 g/mol. The number of halogens is 1. The highest BCUT2D eigenvalue weighted by atomic mass is 127. The van der Waals surface area contributed by atoms with Gasteiger partial charge in [0.25, 0.3) is 5.91 Å². The zero-order chi connectivity index (χ0) is 17.1. The molecular formula is C19H16INO3. The van der Waals surface area contributed by atoms with Crippen molar-refractivity contribution < 1.29 is 14.3 Å². The molecular weight excluding hydrogens is 417 g/mol. The lowest BCUT2D eigenvalue weighted by Crippen LogP contribution is -2.49. The van der Waals surface area contributed by atoms with Crippen molar-refractivity contribution in [3.05, 3.63) is 75.9 Å². The number of anilines is 1. The number of carbonyl (C=O) groups is 2. The third-order valence-corrected chi connectivity index (χ3v) is 4.49. The van der Waals surface area contributed by atoms with E-state index >= 15 is 0 Å². The first-order chi connectivity index (χ1) is 11.6. The Bertz CT molecular complexity index is 788. The maximum atomic E-state index is 12.7. The summed E-state index contributed by atoms with van der Waals surface area (Å²) in [6.45, 7) is 4.25. The van der Waals surface area contributed by atoms with Crippen LogP contribution in [0, 0.1) is 3.57 Å². The number of nitrogens with zero attached hydrogens (tertiary/aromatic N) is 1. The fourth-order valence-corrected chi connectivity index (χ4v) is 3.16. The van der Waals surface area contributed by atoms with Crippen molar-refractivity contribution in [3.63, 3.8) is 0 Å². The predicted octanol–water partition coefficient (Wildman–Crippen LogP) is 3.59. The smallest absolute Gasteiger partial charge is 0.264 e. The molecule has 0 radical (unpaired) electrons. The molecule has 1 heterocycles. The van der Waals surface area contributed by atoms with E-state index in [1.54, 1.807) is 23.1 Å². The summed E-state index contributed by atoms with van der Waals surface area (Å²) >= 11 is 2.15. The van der Waals surface area contributed by atoms with Crippen LogP contribution in [0.25, 0.3) is 0 Å². The molecule has 0 aliphatic carbocycles. The van der Waals surface area contributed by atoms with Gasteiger partial charge in [0, 0.05) is 15.7 Å². The molecule has 4 nitrogen and oxygen atoms in total. The highest BCUT2D eigenvalue weighted by molar-refractivity contribution is 14.1. The molecule has 0 N–H and O–H groups in total. The first-order valence-electron chi connectivity index (χ1n) is 7.53. The molecule has 0 aromatic heterocycles. The highest BCUT2D eigenvalue weighted by Crippen LogP contribution is 2.30. The van der Waals surface area contributed by atoms with Crippen LogP contribution in [0.1, 0.15) is 15.9 Å². The molecule has 0 bridgehead atoms. The van der Waals surface area contributed by atoms with E-state index in [4.69, 9.17) is 4.74 Å². The Kier molecular flexibility index (Phi) is 5.11. The maximum Gasteiger partial charge on any atom is 0.264 e. The van der Waals surface area contributed by atoms with E-state index in [1.165, 1.54) is 0 Å². The monoisotopic (exact) mass is 433 g/mol. The van der Waals surface area contributed by atoms with Crippen LogP contribution >= 0.6 is 22.6 Å². The van der Waals surface area contributed by atoms with Crippen molar-refractivity contribution in [3.8, 4) is 0 Å². The number of rotatable bonds is 5. The minimum absolute atomic E-state index is 0.212. The van der Waals surface area contributed by atoms with Gasteiger partial charge in [-0.25, -0.2) is 0 Å². The number of Topliss-reactive ketones (excluding diaryl/α,β-unsaturated/α-hetero) is 1. The van der Waals surface area contributed by atoms with Gasteiger partial charge in [-0.15, -0.1) is 6.58 Å². The third-order valence-electron chi connectivity index (χ3n) is 3.81. The van der Waals surface area contributed by atoms with Gasteiger partial charge in [0.05, 0.1) is 12.3 Å². The topological polar surface area (TPSA) is 46.6 Å². The van der Waals surface area contributed by atoms with E-state index in [2.05, 4.69) is 29.2 Å². The van der Waals surface area contributed by atoms with Gasteiger partial charge in [-0.2, -0.15) is 0 Å². The van der Waals surface area contributed by atoms with Crippen molar-refractivity contribution >= 4 is 40.0 Å². The molecule has 1 amide bonds. The van der Waals surface area contributed by atoms with Crippen LogP contribution in [-0.4, -0.2) is 24.3 Å². The van der Waals surface area contributed by atoms with Gasteiger partial charge in [0.2, 0.25) is 5.78 Å². The molecule has 0 saturated carbocycles. The number of ketones is 1. The first-order valence-corrected chi connectivity index (χ1v) is 8.61. The summed E-state index contributed by atoms with van der Waals surface area (Å²) in [5.41, 5.74) is 2.05. The second-order valence-electron chi connectivity index (χ2n) is 5.44. The standard InChI is InChI=1S/C19H16INO3/c1-2-10-21-16-9-8-14(20)11-15(16)17(22)18(19(21)23)24-12-13-6-4-3-5-7-13/h2-9,11,18H,1,10,12H2. The van der Waals surface area contributed by atoms with Gasteiger partial charge >= 0.3 is 0 Å². The molecule has 0 fully saturated rings. The Balaban J connectivity index is 1.91. The molecule has 1 aliphatic heterocycles. The summed E-state index contributed by atoms with van der Waals surface area (Å²) in [5, 5.41) is 0. The molecule has 0 saturated heterocycles. The van der Waals surface area contributed by atoms with E-state index in [1.807, 2.05) is 36.4 Å². The zero-order valence-corrected chi connectivity index (χ0v) is 15.1.